The Bertz CT molecular complexity index is 1000. The summed E-state index contributed by atoms with van der Waals surface area (Å²) in [5.74, 6) is 0. The average Bonchev–Trinajstić information content (AvgIpc) is 3.13. The molecule has 2 N–H and O–H groups in total. The van der Waals surface area contributed by atoms with Crippen LogP contribution in [0.5, 0.6) is 0 Å². The smallest absolute Gasteiger partial charge is 0.436 e. The maximum absolute atomic E-state index is 13.2. The lowest BCUT2D eigenvalue weighted by Gasteiger charge is -2.35. The molecule has 1 aromatic carbocycles. The number of aryl methyl sites for hydroxylation is 3. The normalized spacial score (nSPS) is 16.3. The number of carbonyl (C=O) groups is 1. The molecule has 0 spiro atoms. The number of rotatable bonds is 6. The van der Waals surface area contributed by atoms with E-state index in [0.29, 0.717) is 31.7 Å². The number of urea groups is 1. The number of benzene rings is 1. The number of anilines is 2. The summed E-state index contributed by atoms with van der Waals surface area (Å²) >= 11 is 0. The van der Waals surface area contributed by atoms with Gasteiger partial charge in [-0.05, 0) is 49.4 Å². The summed E-state index contributed by atoms with van der Waals surface area (Å²) in [6.07, 6.45) is 4.45. The zero-order valence-electron chi connectivity index (χ0n) is 17.3. The fourth-order valence-electron chi connectivity index (χ4n) is 3.51. The highest BCUT2D eigenvalue weighted by atomic mass is 32.2. The second-order valence-electron chi connectivity index (χ2n) is 7.32. The molecule has 1 aliphatic rings. The van der Waals surface area contributed by atoms with Gasteiger partial charge in [0.25, 0.3) is 0 Å². The number of carbonyl (C=O) groups excluding carboxylic acids is 1. The maximum Gasteiger partial charge on any atom is 0.436 e. The second kappa shape index (κ2) is 9.13. The van der Waals surface area contributed by atoms with Crippen molar-refractivity contribution < 1.29 is 22.4 Å². The van der Waals surface area contributed by atoms with Gasteiger partial charge in [-0.25, -0.2) is 9.10 Å². The number of hydroxylamine groups is 1. The lowest BCUT2D eigenvalue weighted by molar-refractivity contribution is -0.604. The zero-order chi connectivity index (χ0) is 21.9. The van der Waals surface area contributed by atoms with Crippen molar-refractivity contribution in [3.63, 3.8) is 0 Å². The molecule has 3 rings (SSSR count). The van der Waals surface area contributed by atoms with Crippen molar-refractivity contribution in [1.29, 1.82) is 0 Å². The number of aromatic nitrogens is 2. The molecule has 0 saturated carbocycles. The molecule has 30 heavy (non-hydrogen) atoms. The molecule has 11 heteroatoms. The number of hydrogen-bond donors (Lipinski definition) is 2. The van der Waals surface area contributed by atoms with E-state index in [4.69, 9.17) is 4.74 Å². The largest absolute Gasteiger partial charge is 0.608 e. The summed E-state index contributed by atoms with van der Waals surface area (Å²) < 4.78 is 32.7. The summed E-state index contributed by atoms with van der Waals surface area (Å²) in [4.78, 5) is 12.6. The van der Waals surface area contributed by atoms with Crippen molar-refractivity contribution in [2.24, 2.45) is 7.05 Å². The van der Waals surface area contributed by atoms with E-state index in [1.807, 2.05) is 19.9 Å². The lowest BCUT2D eigenvalue weighted by atomic mass is 10.1. The number of nitrogens with one attached hydrogen (secondary N) is 2. The number of hydrogen-bond acceptors (Lipinski definition) is 6. The molecule has 0 aliphatic carbocycles. The van der Waals surface area contributed by atoms with Gasteiger partial charge in [0.1, 0.15) is 0 Å². The molecule has 1 unspecified atom stereocenters. The highest BCUT2D eigenvalue weighted by Crippen LogP contribution is 2.24. The van der Waals surface area contributed by atoms with Gasteiger partial charge < -0.3 is 9.94 Å². The molecule has 2 heterocycles. The van der Waals surface area contributed by atoms with Gasteiger partial charge in [0, 0.05) is 32.1 Å². The van der Waals surface area contributed by atoms with Gasteiger partial charge in [0.2, 0.25) is 0 Å². The van der Waals surface area contributed by atoms with Gasteiger partial charge in [-0.2, -0.15) is 18.0 Å². The van der Waals surface area contributed by atoms with E-state index < -0.39 is 26.8 Å². The summed E-state index contributed by atoms with van der Waals surface area (Å²) in [5.41, 5.74) is 2.51. The first kappa shape index (κ1) is 22.2. The first-order valence-electron chi connectivity index (χ1n) is 9.79. The molecule has 1 saturated heterocycles. The van der Waals surface area contributed by atoms with Gasteiger partial charge in [0.05, 0.1) is 17.9 Å². The molecule has 1 atom stereocenters. The van der Waals surface area contributed by atoms with Crippen molar-refractivity contribution in [3.05, 3.63) is 46.9 Å². The van der Waals surface area contributed by atoms with Crippen LogP contribution in [0.4, 0.5) is 16.2 Å². The quantitative estimate of drug-likeness (QED) is 0.654. The SMILES string of the molecule is CCc1cc(C)cc(NC(=O)[NH+]([O-])S(=O)(=O)N(c2cnn(C)c2)C2CCOCC2)c1. The minimum atomic E-state index is -4.61. The average molecular weight is 438 g/mol. The Hall–Kier alpha value is -2.47. The molecule has 0 radical (unpaired) electrons. The van der Waals surface area contributed by atoms with Crippen LogP contribution in [0.1, 0.15) is 30.9 Å². The van der Waals surface area contributed by atoms with E-state index in [1.165, 1.54) is 17.1 Å². The van der Waals surface area contributed by atoms with Crippen molar-refractivity contribution in [2.75, 3.05) is 22.8 Å². The van der Waals surface area contributed by atoms with Crippen LogP contribution in [0, 0.1) is 12.1 Å². The zero-order valence-corrected chi connectivity index (χ0v) is 18.1. The van der Waals surface area contributed by atoms with Crippen molar-refractivity contribution in [3.8, 4) is 0 Å². The third kappa shape index (κ3) is 4.81. The second-order valence-corrected chi connectivity index (χ2v) is 9.03. The monoisotopic (exact) mass is 437 g/mol. The molecular weight excluding hydrogens is 410 g/mol. The Labute approximate surface area is 176 Å². The van der Waals surface area contributed by atoms with Crippen LogP contribution in [-0.2, 0) is 28.4 Å². The first-order valence-corrected chi connectivity index (χ1v) is 11.2. The number of nitrogens with zero attached hydrogens (tertiary/aromatic N) is 3. The van der Waals surface area contributed by atoms with E-state index >= 15 is 0 Å². The maximum atomic E-state index is 13.2. The fraction of sp³-hybridized carbons (Fsp3) is 0.474. The van der Waals surface area contributed by atoms with Gasteiger partial charge in [-0.15, -0.1) is 0 Å². The number of ether oxygens (including phenoxy) is 1. The molecule has 1 aliphatic heterocycles. The van der Waals surface area contributed by atoms with Crippen LogP contribution in [0.25, 0.3) is 0 Å². The van der Waals surface area contributed by atoms with Gasteiger partial charge in [-0.3, -0.25) is 10.00 Å². The topological polar surface area (TPSA) is 121 Å². The van der Waals surface area contributed by atoms with E-state index in [0.717, 1.165) is 21.9 Å². The Kier molecular flexibility index (Phi) is 6.76. The summed E-state index contributed by atoms with van der Waals surface area (Å²) in [5, 5.41) is 19.2. The van der Waals surface area contributed by atoms with E-state index in [1.54, 1.807) is 19.2 Å². The van der Waals surface area contributed by atoms with Crippen LogP contribution >= 0.6 is 0 Å². The molecule has 1 fully saturated rings. The van der Waals surface area contributed by atoms with Crippen molar-refractivity contribution in [1.82, 2.24) is 9.78 Å². The Morgan fingerprint density at radius 2 is 2.07 bits per heavy atom. The van der Waals surface area contributed by atoms with Gasteiger partial charge >= 0.3 is 16.2 Å². The van der Waals surface area contributed by atoms with Crippen molar-refractivity contribution in [2.45, 2.75) is 39.2 Å². The summed E-state index contributed by atoms with van der Waals surface area (Å²) in [6, 6.07) is 3.69. The Balaban J connectivity index is 1.88. The third-order valence-corrected chi connectivity index (χ3v) is 6.63. The molecule has 10 nitrogen and oxygen atoms in total. The van der Waals surface area contributed by atoms with E-state index in [2.05, 4.69) is 10.4 Å². The molecular formula is C19H27N5O5S. The minimum absolute atomic E-state index is 0.245. The molecule has 2 aromatic rings. The van der Waals surface area contributed by atoms with Crippen LogP contribution in [0.3, 0.4) is 0 Å². The summed E-state index contributed by atoms with van der Waals surface area (Å²) in [6.45, 7) is 4.58. The highest BCUT2D eigenvalue weighted by molar-refractivity contribution is 7.86. The molecule has 0 bridgehead atoms. The fourth-order valence-corrected chi connectivity index (χ4v) is 4.95. The first-order chi connectivity index (χ1) is 14.2. The van der Waals surface area contributed by atoms with Crippen LogP contribution in [0.2, 0.25) is 0 Å². The van der Waals surface area contributed by atoms with Crippen LogP contribution in [-0.4, -0.2) is 43.5 Å². The predicted molar refractivity (Wildman–Crippen MR) is 112 cm³/mol. The number of amides is 2. The highest BCUT2D eigenvalue weighted by Gasteiger charge is 2.40. The van der Waals surface area contributed by atoms with Gasteiger partial charge in [-0.1, -0.05) is 13.0 Å². The Morgan fingerprint density at radius 1 is 1.37 bits per heavy atom. The van der Waals surface area contributed by atoms with Crippen molar-refractivity contribution >= 4 is 27.6 Å². The van der Waals surface area contributed by atoms with Crippen LogP contribution in [0.15, 0.2) is 30.6 Å². The molecule has 2 amide bonds. The minimum Gasteiger partial charge on any atom is -0.608 e. The summed E-state index contributed by atoms with van der Waals surface area (Å²) in [7, 11) is -2.96. The van der Waals surface area contributed by atoms with Gasteiger partial charge in [0.15, 0.2) is 0 Å². The predicted octanol–water partition coefficient (Wildman–Crippen LogP) is 1.14. The van der Waals surface area contributed by atoms with Crippen LogP contribution < -0.4 is 14.1 Å². The standard InChI is InChI=1S/C19H27N5O5S/c1-4-15-9-14(2)10-16(11-15)21-19(25)24(26)30(27,28)23(17-5-7-29-8-6-17)18-12-20-22(3)13-18/h9-13,17,24H,4-8H2,1-3H3,(H,21,25). The van der Waals surface area contributed by atoms with E-state index in [-0.39, 0.29) is 5.69 Å². The van der Waals surface area contributed by atoms with E-state index in [9.17, 15) is 18.4 Å². The molecule has 164 valence electrons. The third-order valence-electron chi connectivity index (χ3n) is 4.95. The lowest BCUT2D eigenvalue weighted by Crippen LogP contribution is -3.14. The molecule has 1 aromatic heterocycles. The Morgan fingerprint density at radius 3 is 2.67 bits per heavy atom. The number of quaternary nitrogens is 1.